The molecule has 0 aliphatic heterocycles. The summed E-state index contributed by atoms with van der Waals surface area (Å²) >= 11 is 6.39. The molecule has 0 aromatic heterocycles. The number of hydrogen-bond donors (Lipinski definition) is 0. The van der Waals surface area contributed by atoms with E-state index in [2.05, 4.69) is 12.8 Å². The zero-order chi connectivity index (χ0) is 16.3. The van der Waals surface area contributed by atoms with Crippen LogP contribution in [0.4, 0.5) is 0 Å². The fraction of sp³-hybridized carbons (Fsp3) is 0.389. The van der Waals surface area contributed by atoms with E-state index in [1.165, 1.54) is 7.11 Å². The number of ketones is 1. The average molecular weight is 319 g/mol. The highest BCUT2D eigenvalue weighted by Gasteiger charge is 2.32. The molecule has 0 fully saturated rings. The summed E-state index contributed by atoms with van der Waals surface area (Å²) in [6, 6.07) is 3.38. The minimum absolute atomic E-state index is 0.0233. The van der Waals surface area contributed by atoms with E-state index in [0.717, 1.165) is 12.8 Å². The highest BCUT2D eigenvalue weighted by molar-refractivity contribution is 6.36. The Bertz CT molecular complexity index is 668. The number of benzene rings is 1. The van der Waals surface area contributed by atoms with Gasteiger partial charge in [0.1, 0.15) is 11.5 Å². The van der Waals surface area contributed by atoms with Gasteiger partial charge in [0.05, 0.1) is 24.8 Å². The molecule has 3 nitrogen and oxygen atoms in total. The lowest BCUT2D eigenvalue weighted by atomic mass is 9.82. The number of halogens is 1. The monoisotopic (exact) mass is 318 g/mol. The van der Waals surface area contributed by atoms with Crippen molar-refractivity contribution < 1.29 is 14.3 Å². The molecule has 1 aliphatic carbocycles. The highest BCUT2D eigenvalue weighted by atomic mass is 35.5. The van der Waals surface area contributed by atoms with Crippen LogP contribution in [0.1, 0.15) is 37.3 Å². The highest BCUT2D eigenvalue weighted by Crippen LogP contribution is 2.42. The number of ether oxygens (including phenoxy) is 2. The molecule has 4 heteroatoms. The van der Waals surface area contributed by atoms with Gasteiger partial charge in [0.15, 0.2) is 5.78 Å². The van der Waals surface area contributed by atoms with Gasteiger partial charge in [-0.2, -0.15) is 0 Å². The Morgan fingerprint density at radius 3 is 2.64 bits per heavy atom. The van der Waals surface area contributed by atoms with Crippen LogP contribution in [0.15, 0.2) is 17.9 Å². The Kier molecular flexibility index (Phi) is 5.15. The van der Waals surface area contributed by atoms with Crippen LogP contribution in [0.5, 0.6) is 5.75 Å². The van der Waals surface area contributed by atoms with E-state index in [1.54, 1.807) is 19.2 Å². The molecule has 1 aliphatic rings. The Morgan fingerprint density at radius 2 is 2.09 bits per heavy atom. The van der Waals surface area contributed by atoms with Gasteiger partial charge in [-0.15, -0.1) is 6.42 Å². The number of hydrogen-bond acceptors (Lipinski definition) is 3. The summed E-state index contributed by atoms with van der Waals surface area (Å²) in [5.74, 6) is 3.95. The summed E-state index contributed by atoms with van der Waals surface area (Å²) in [5.41, 5.74) is 1.70. The summed E-state index contributed by atoms with van der Waals surface area (Å²) in [6.07, 6.45) is 7.61. The maximum atomic E-state index is 12.5. The minimum atomic E-state index is 0.0233. The van der Waals surface area contributed by atoms with Gasteiger partial charge in [-0.25, -0.2) is 0 Å². The van der Waals surface area contributed by atoms with Gasteiger partial charge in [0.2, 0.25) is 0 Å². The van der Waals surface area contributed by atoms with Crippen molar-refractivity contribution in [3.8, 4) is 18.1 Å². The van der Waals surface area contributed by atoms with Crippen molar-refractivity contribution in [1.82, 2.24) is 0 Å². The SMILES string of the molecule is C#Cc1cc(Cl)c(C2=C(OC)C(CC)CCC2=O)c(OC)c1. The van der Waals surface area contributed by atoms with E-state index < -0.39 is 0 Å². The van der Waals surface area contributed by atoms with E-state index in [4.69, 9.17) is 27.5 Å². The molecule has 0 saturated heterocycles. The molecule has 116 valence electrons. The van der Waals surface area contributed by atoms with E-state index in [1.807, 2.05) is 0 Å². The maximum Gasteiger partial charge on any atom is 0.167 e. The third kappa shape index (κ3) is 2.84. The van der Waals surface area contributed by atoms with Gasteiger partial charge in [-0.05, 0) is 25.0 Å². The number of terminal acetylenes is 1. The second-order valence-corrected chi connectivity index (χ2v) is 5.60. The number of methoxy groups -OCH3 is 2. The van der Waals surface area contributed by atoms with E-state index in [9.17, 15) is 4.79 Å². The van der Waals surface area contributed by atoms with E-state index in [-0.39, 0.29) is 11.7 Å². The number of Topliss-reactive ketones (excluding diaryl/α,β-unsaturated/α-hetero) is 1. The first kappa shape index (κ1) is 16.5. The predicted octanol–water partition coefficient (Wildman–Crippen LogP) is 4.08. The van der Waals surface area contributed by atoms with Gasteiger partial charge in [0, 0.05) is 23.5 Å². The van der Waals surface area contributed by atoms with Gasteiger partial charge in [-0.1, -0.05) is 24.4 Å². The van der Waals surface area contributed by atoms with Gasteiger partial charge in [-0.3, -0.25) is 4.79 Å². The van der Waals surface area contributed by atoms with Gasteiger partial charge in [0.25, 0.3) is 0 Å². The minimum Gasteiger partial charge on any atom is -0.500 e. The fourth-order valence-electron chi connectivity index (χ4n) is 2.89. The molecule has 2 rings (SSSR count). The quantitative estimate of drug-likeness (QED) is 0.785. The first-order valence-corrected chi connectivity index (χ1v) is 7.61. The van der Waals surface area contributed by atoms with Gasteiger partial charge < -0.3 is 9.47 Å². The molecule has 1 aromatic rings. The molecular weight excluding hydrogens is 300 g/mol. The molecule has 0 saturated carbocycles. The summed E-state index contributed by atoms with van der Waals surface area (Å²) in [6.45, 7) is 2.08. The molecule has 0 radical (unpaired) electrons. The van der Waals surface area contributed by atoms with Gasteiger partial charge >= 0.3 is 0 Å². The third-order valence-electron chi connectivity index (χ3n) is 4.02. The van der Waals surface area contributed by atoms with E-state index >= 15 is 0 Å². The Labute approximate surface area is 136 Å². The molecule has 0 heterocycles. The van der Waals surface area contributed by atoms with Crippen LogP contribution < -0.4 is 4.74 Å². The van der Waals surface area contributed by atoms with Crippen molar-refractivity contribution in [1.29, 1.82) is 0 Å². The predicted molar refractivity (Wildman–Crippen MR) is 87.9 cm³/mol. The van der Waals surface area contributed by atoms with Crippen LogP contribution in [-0.4, -0.2) is 20.0 Å². The van der Waals surface area contributed by atoms with Crippen molar-refractivity contribution in [3.05, 3.63) is 34.0 Å². The third-order valence-corrected chi connectivity index (χ3v) is 4.32. The van der Waals surface area contributed by atoms with Crippen LogP contribution in [0, 0.1) is 18.3 Å². The molecule has 1 unspecified atom stereocenters. The van der Waals surface area contributed by atoms with Crippen LogP contribution in [0.2, 0.25) is 5.02 Å². The summed E-state index contributed by atoms with van der Waals surface area (Å²) in [4.78, 5) is 12.5. The number of carbonyl (C=O) groups is 1. The fourth-order valence-corrected chi connectivity index (χ4v) is 3.20. The maximum absolute atomic E-state index is 12.5. The molecule has 1 atom stereocenters. The van der Waals surface area contributed by atoms with Crippen LogP contribution in [0.25, 0.3) is 5.57 Å². The first-order chi connectivity index (χ1) is 10.6. The number of allylic oxidation sites excluding steroid dienone is 2. The van der Waals surface area contributed by atoms with Crippen LogP contribution in [-0.2, 0) is 9.53 Å². The molecule has 0 spiro atoms. The molecule has 1 aromatic carbocycles. The van der Waals surface area contributed by atoms with Crippen LogP contribution >= 0.6 is 11.6 Å². The average Bonchev–Trinajstić information content (AvgIpc) is 2.54. The summed E-state index contributed by atoms with van der Waals surface area (Å²) in [7, 11) is 3.12. The first-order valence-electron chi connectivity index (χ1n) is 7.23. The normalized spacial score (nSPS) is 18.1. The number of carbonyl (C=O) groups excluding carboxylic acids is 1. The van der Waals surface area contributed by atoms with Crippen molar-refractivity contribution in [3.63, 3.8) is 0 Å². The standard InChI is InChI=1S/C18H19ClO3/c1-5-11-9-13(19)16(15(10-11)21-3)17-14(20)8-7-12(6-2)18(17)22-4/h1,9-10,12H,6-8H2,2-4H3. The Morgan fingerprint density at radius 1 is 1.36 bits per heavy atom. The van der Waals surface area contributed by atoms with Crippen molar-refractivity contribution >= 4 is 23.0 Å². The van der Waals surface area contributed by atoms with Crippen molar-refractivity contribution in [2.24, 2.45) is 5.92 Å². The Balaban J connectivity index is 2.74. The largest absolute Gasteiger partial charge is 0.500 e. The number of rotatable bonds is 4. The van der Waals surface area contributed by atoms with Crippen molar-refractivity contribution in [2.75, 3.05) is 14.2 Å². The second-order valence-electron chi connectivity index (χ2n) is 5.19. The lowest BCUT2D eigenvalue weighted by Gasteiger charge is -2.27. The molecule has 0 amide bonds. The zero-order valence-electron chi connectivity index (χ0n) is 13.0. The molecular formula is C18H19ClO3. The molecule has 22 heavy (non-hydrogen) atoms. The van der Waals surface area contributed by atoms with E-state index in [0.29, 0.717) is 39.7 Å². The van der Waals surface area contributed by atoms with Crippen molar-refractivity contribution in [2.45, 2.75) is 26.2 Å². The lowest BCUT2D eigenvalue weighted by molar-refractivity contribution is -0.114. The second kappa shape index (κ2) is 6.89. The molecule has 0 N–H and O–H groups in total. The molecule has 0 bridgehead atoms. The summed E-state index contributed by atoms with van der Waals surface area (Å²) in [5, 5.41) is 0.405. The topological polar surface area (TPSA) is 35.5 Å². The lowest BCUT2D eigenvalue weighted by Crippen LogP contribution is -2.20. The van der Waals surface area contributed by atoms with Crippen LogP contribution in [0.3, 0.4) is 0 Å². The summed E-state index contributed by atoms with van der Waals surface area (Å²) < 4.78 is 11.0. The zero-order valence-corrected chi connectivity index (χ0v) is 13.8. The Hall–Kier alpha value is -1.92. The smallest absolute Gasteiger partial charge is 0.167 e.